The summed E-state index contributed by atoms with van der Waals surface area (Å²) in [5.41, 5.74) is -0.378. The number of ether oxygens (including phenoxy) is 4. The molecule has 0 N–H and O–H groups in total. The zero-order chi connectivity index (χ0) is 11.7. The van der Waals surface area contributed by atoms with Gasteiger partial charge in [0.2, 0.25) is 0 Å². The molecule has 1 saturated heterocycles. The van der Waals surface area contributed by atoms with Crippen LogP contribution in [0.2, 0.25) is 0 Å². The monoisotopic (exact) mass is 218 g/mol. The standard InChI is InChI=1S/C11H22O4/c1-8-9(12-4)10(2,13-5)7-11(3,14-6)15-8/h8-9H,7H2,1-6H3. The van der Waals surface area contributed by atoms with Crippen molar-refractivity contribution in [2.24, 2.45) is 0 Å². The van der Waals surface area contributed by atoms with Crippen LogP contribution in [0.15, 0.2) is 0 Å². The van der Waals surface area contributed by atoms with Gasteiger partial charge in [0.15, 0.2) is 5.79 Å². The summed E-state index contributed by atoms with van der Waals surface area (Å²) in [6, 6.07) is 0. The lowest BCUT2D eigenvalue weighted by molar-refractivity contribution is -0.325. The van der Waals surface area contributed by atoms with Crippen molar-refractivity contribution in [2.45, 2.75) is 50.8 Å². The molecule has 0 aromatic carbocycles. The Labute approximate surface area is 91.8 Å². The summed E-state index contributed by atoms with van der Waals surface area (Å²) >= 11 is 0. The molecule has 0 spiro atoms. The second-order valence-electron chi connectivity index (χ2n) is 4.51. The van der Waals surface area contributed by atoms with E-state index in [4.69, 9.17) is 18.9 Å². The van der Waals surface area contributed by atoms with Crippen molar-refractivity contribution in [1.82, 2.24) is 0 Å². The lowest BCUT2D eigenvalue weighted by Gasteiger charge is -2.49. The van der Waals surface area contributed by atoms with E-state index in [1.807, 2.05) is 20.8 Å². The van der Waals surface area contributed by atoms with E-state index in [1.54, 1.807) is 21.3 Å². The summed E-state index contributed by atoms with van der Waals surface area (Å²) in [5.74, 6) is -0.598. The molecule has 0 radical (unpaired) electrons. The van der Waals surface area contributed by atoms with Gasteiger partial charge < -0.3 is 18.9 Å². The molecule has 1 aliphatic heterocycles. The van der Waals surface area contributed by atoms with Crippen molar-refractivity contribution in [3.8, 4) is 0 Å². The largest absolute Gasteiger partial charge is 0.376 e. The van der Waals surface area contributed by atoms with Crippen LogP contribution >= 0.6 is 0 Å². The van der Waals surface area contributed by atoms with Crippen LogP contribution in [0.1, 0.15) is 27.2 Å². The SMILES string of the molecule is COC1C(C)OC(C)(OC)CC1(C)OC. The molecule has 1 heterocycles. The number of hydrogen-bond donors (Lipinski definition) is 0. The number of methoxy groups -OCH3 is 3. The molecule has 0 bridgehead atoms. The summed E-state index contributed by atoms with van der Waals surface area (Å²) in [5, 5.41) is 0. The molecule has 4 atom stereocenters. The summed E-state index contributed by atoms with van der Waals surface area (Å²) in [6.07, 6.45) is 0.514. The summed E-state index contributed by atoms with van der Waals surface area (Å²) in [7, 11) is 5.02. The van der Waals surface area contributed by atoms with Crippen molar-refractivity contribution < 1.29 is 18.9 Å². The normalized spacial score (nSPS) is 46.8. The molecule has 1 fully saturated rings. The van der Waals surface area contributed by atoms with Gasteiger partial charge in [-0.15, -0.1) is 0 Å². The third-order valence-corrected chi connectivity index (χ3v) is 3.29. The lowest BCUT2D eigenvalue weighted by atomic mass is 9.84. The third-order valence-electron chi connectivity index (χ3n) is 3.29. The van der Waals surface area contributed by atoms with Crippen LogP contribution in [0.3, 0.4) is 0 Å². The summed E-state index contributed by atoms with van der Waals surface area (Å²) in [4.78, 5) is 0. The highest BCUT2D eigenvalue weighted by molar-refractivity contribution is 4.97. The van der Waals surface area contributed by atoms with Gasteiger partial charge in [0, 0.05) is 27.8 Å². The minimum atomic E-state index is -0.598. The predicted octanol–water partition coefficient (Wildman–Crippen LogP) is 1.58. The fourth-order valence-corrected chi connectivity index (χ4v) is 2.48. The molecule has 90 valence electrons. The zero-order valence-electron chi connectivity index (χ0n) is 10.5. The van der Waals surface area contributed by atoms with Gasteiger partial charge in [-0.25, -0.2) is 0 Å². The molecule has 4 heteroatoms. The van der Waals surface area contributed by atoms with Gasteiger partial charge in [0.05, 0.1) is 11.7 Å². The Morgan fingerprint density at radius 3 is 2.13 bits per heavy atom. The van der Waals surface area contributed by atoms with E-state index in [2.05, 4.69) is 0 Å². The number of rotatable bonds is 3. The molecule has 15 heavy (non-hydrogen) atoms. The molecule has 1 aliphatic rings. The van der Waals surface area contributed by atoms with Crippen molar-refractivity contribution >= 4 is 0 Å². The van der Waals surface area contributed by atoms with E-state index in [9.17, 15) is 0 Å². The highest BCUT2D eigenvalue weighted by Gasteiger charge is 2.51. The van der Waals surface area contributed by atoms with E-state index in [0.717, 1.165) is 0 Å². The summed E-state index contributed by atoms with van der Waals surface area (Å²) in [6.45, 7) is 5.92. The van der Waals surface area contributed by atoms with Crippen molar-refractivity contribution in [3.05, 3.63) is 0 Å². The molecule has 0 aliphatic carbocycles. The first kappa shape index (κ1) is 12.9. The maximum atomic E-state index is 5.80. The Morgan fingerprint density at radius 2 is 1.73 bits per heavy atom. The first-order chi connectivity index (χ1) is 6.90. The lowest BCUT2D eigenvalue weighted by Crippen LogP contribution is -2.60. The average molecular weight is 218 g/mol. The Bertz CT molecular complexity index is 221. The van der Waals surface area contributed by atoms with Gasteiger partial charge in [-0.3, -0.25) is 0 Å². The molecule has 0 amide bonds. The third kappa shape index (κ3) is 2.33. The smallest absolute Gasteiger partial charge is 0.168 e. The van der Waals surface area contributed by atoms with Crippen LogP contribution in [0, 0.1) is 0 Å². The minimum Gasteiger partial charge on any atom is -0.376 e. The van der Waals surface area contributed by atoms with Crippen molar-refractivity contribution in [3.63, 3.8) is 0 Å². The van der Waals surface area contributed by atoms with Crippen LogP contribution in [0.5, 0.6) is 0 Å². The van der Waals surface area contributed by atoms with Crippen molar-refractivity contribution in [2.75, 3.05) is 21.3 Å². The van der Waals surface area contributed by atoms with E-state index in [0.29, 0.717) is 6.42 Å². The predicted molar refractivity (Wildman–Crippen MR) is 56.8 cm³/mol. The topological polar surface area (TPSA) is 36.9 Å². The second-order valence-corrected chi connectivity index (χ2v) is 4.51. The maximum Gasteiger partial charge on any atom is 0.168 e. The minimum absolute atomic E-state index is 0.0568. The van der Waals surface area contributed by atoms with E-state index in [1.165, 1.54) is 0 Å². The quantitative estimate of drug-likeness (QED) is 0.720. The zero-order valence-corrected chi connectivity index (χ0v) is 10.5. The van der Waals surface area contributed by atoms with E-state index < -0.39 is 5.79 Å². The van der Waals surface area contributed by atoms with E-state index in [-0.39, 0.29) is 17.8 Å². The Hall–Kier alpha value is -0.160. The van der Waals surface area contributed by atoms with Crippen molar-refractivity contribution in [1.29, 1.82) is 0 Å². The first-order valence-corrected chi connectivity index (χ1v) is 5.21. The first-order valence-electron chi connectivity index (χ1n) is 5.21. The maximum absolute atomic E-state index is 5.80. The van der Waals surface area contributed by atoms with Gasteiger partial charge in [-0.2, -0.15) is 0 Å². The molecule has 0 aromatic heterocycles. The second kappa shape index (κ2) is 4.37. The highest BCUT2D eigenvalue weighted by atomic mass is 16.7. The molecule has 4 nitrogen and oxygen atoms in total. The fraction of sp³-hybridized carbons (Fsp3) is 1.00. The molecular formula is C11H22O4. The van der Waals surface area contributed by atoms with Crippen LogP contribution in [-0.2, 0) is 18.9 Å². The highest BCUT2D eigenvalue weighted by Crippen LogP contribution is 2.39. The molecule has 1 rings (SSSR count). The van der Waals surface area contributed by atoms with Gasteiger partial charge in [-0.1, -0.05) is 0 Å². The average Bonchev–Trinajstić information content (AvgIpc) is 2.17. The van der Waals surface area contributed by atoms with Crippen LogP contribution < -0.4 is 0 Å². The Kier molecular flexibility index (Phi) is 3.76. The molecule has 0 aromatic rings. The Morgan fingerprint density at radius 1 is 1.13 bits per heavy atom. The Balaban J connectivity index is 2.91. The number of hydrogen-bond acceptors (Lipinski definition) is 4. The van der Waals surface area contributed by atoms with Gasteiger partial charge >= 0.3 is 0 Å². The fourth-order valence-electron chi connectivity index (χ4n) is 2.48. The van der Waals surface area contributed by atoms with Gasteiger partial charge in [-0.05, 0) is 20.8 Å². The molecular weight excluding hydrogens is 196 g/mol. The molecule has 0 saturated carbocycles. The van der Waals surface area contributed by atoms with Gasteiger partial charge in [0.1, 0.15) is 6.10 Å². The van der Waals surface area contributed by atoms with Gasteiger partial charge in [0.25, 0.3) is 0 Å². The van der Waals surface area contributed by atoms with Crippen LogP contribution in [-0.4, -0.2) is 44.9 Å². The molecule has 4 unspecified atom stereocenters. The van der Waals surface area contributed by atoms with Crippen LogP contribution in [0.25, 0.3) is 0 Å². The van der Waals surface area contributed by atoms with Crippen LogP contribution in [0.4, 0.5) is 0 Å². The van der Waals surface area contributed by atoms with E-state index >= 15 is 0 Å². The summed E-state index contributed by atoms with van der Waals surface area (Å²) < 4.78 is 22.2.